The summed E-state index contributed by atoms with van der Waals surface area (Å²) in [6.07, 6.45) is 0. The van der Waals surface area contributed by atoms with Crippen molar-refractivity contribution < 1.29 is 14.3 Å². The second-order valence-electron chi connectivity index (χ2n) is 5.97. The number of hydrogen-bond acceptors (Lipinski definition) is 3. The lowest BCUT2D eigenvalue weighted by Gasteiger charge is -2.15. The second kappa shape index (κ2) is 8.04. The molecule has 0 radical (unpaired) electrons. The topological polar surface area (TPSA) is 35.5 Å². The van der Waals surface area contributed by atoms with Crippen molar-refractivity contribution in [2.24, 2.45) is 0 Å². The number of aryl methyl sites for hydroxylation is 2. The molecule has 2 rings (SSSR count). The van der Waals surface area contributed by atoms with Crippen molar-refractivity contribution in [2.45, 2.75) is 33.6 Å². The van der Waals surface area contributed by atoms with Crippen molar-refractivity contribution in [3.05, 3.63) is 56.5 Å². The zero-order valence-corrected chi connectivity index (χ0v) is 16.5. The Labute approximate surface area is 156 Å². The molecule has 0 saturated carbocycles. The third-order valence-electron chi connectivity index (χ3n) is 3.62. The van der Waals surface area contributed by atoms with E-state index in [1.807, 2.05) is 26.0 Å². The summed E-state index contributed by atoms with van der Waals surface area (Å²) in [4.78, 5) is 12.2. The summed E-state index contributed by atoms with van der Waals surface area (Å²) in [7, 11) is 0. The molecular formula is C19H20BrClO3. The van der Waals surface area contributed by atoms with Crippen molar-refractivity contribution in [1.29, 1.82) is 0 Å². The average molecular weight is 412 g/mol. The molecule has 2 aromatic carbocycles. The molecule has 3 nitrogen and oxygen atoms in total. The van der Waals surface area contributed by atoms with Crippen LogP contribution in [-0.4, -0.2) is 12.6 Å². The molecule has 0 N–H and O–H groups in total. The normalized spacial score (nSPS) is 10.8. The predicted octanol–water partition coefficient (Wildman–Crippen LogP) is 5.83. The van der Waals surface area contributed by atoms with Gasteiger partial charge in [0.25, 0.3) is 0 Å². The SMILES string of the molecule is Cc1cc(OC(=O)COc2ccc(Cl)cc2C)c(C(C)C)cc1Br. The lowest BCUT2D eigenvalue weighted by atomic mass is 10.0. The molecule has 0 unspecified atom stereocenters. The first kappa shape index (κ1) is 18.8. The van der Waals surface area contributed by atoms with E-state index in [0.29, 0.717) is 16.5 Å². The van der Waals surface area contributed by atoms with Gasteiger partial charge in [0, 0.05) is 9.50 Å². The van der Waals surface area contributed by atoms with Crippen LogP contribution in [-0.2, 0) is 4.79 Å². The van der Waals surface area contributed by atoms with Crippen LogP contribution in [0.4, 0.5) is 0 Å². The first-order valence-electron chi connectivity index (χ1n) is 7.67. The second-order valence-corrected chi connectivity index (χ2v) is 7.26. The summed E-state index contributed by atoms with van der Waals surface area (Å²) >= 11 is 9.42. The molecule has 24 heavy (non-hydrogen) atoms. The summed E-state index contributed by atoms with van der Waals surface area (Å²) < 4.78 is 12.1. The van der Waals surface area contributed by atoms with Gasteiger partial charge >= 0.3 is 5.97 Å². The number of halogens is 2. The third kappa shape index (κ3) is 4.74. The summed E-state index contributed by atoms with van der Waals surface area (Å²) in [5.74, 6) is 0.997. The Morgan fingerprint density at radius 3 is 2.46 bits per heavy atom. The van der Waals surface area contributed by atoms with Gasteiger partial charge in [0.2, 0.25) is 0 Å². The van der Waals surface area contributed by atoms with Crippen LogP contribution >= 0.6 is 27.5 Å². The van der Waals surface area contributed by atoms with Gasteiger partial charge in [-0.25, -0.2) is 4.79 Å². The van der Waals surface area contributed by atoms with Crippen molar-refractivity contribution in [2.75, 3.05) is 6.61 Å². The molecule has 0 aliphatic carbocycles. The minimum absolute atomic E-state index is 0.158. The van der Waals surface area contributed by atoms with Crippen molar-refractivity contribution in [3.8, 4) is 11.5 Å². The van der Waals surface area contributed by atoms with Gasteiger partial charge < -0.3 is 9.47 Å². The van der Waals surface area contributed by atoms with Gasteiger partial charge in [0.1, 0.15) is 11.5 Å². The Hall–Kier alpha value is -1.52. The molecule has 0 aliphatic heterocycles. The van der Waals surface area contributed by atoms with E-state index in [4.69, 9.17) is 21.1 Å². The van der Waals surface area contributed by atoms with Crippen molar-refractivity contribution in [1.82, 2.24) is 0 Å². The largest absolute Gasteiger partial charge is 0.482 e. The zero-order valence-electron chi connectivity index (χ0n) is 14.2. The lowest BCUT2D eigenvalue weighted by Crippen LogP contribution is -2.19. The smallest absolute Gasteiger partial charge is 0.349 e. The number of hydrogen-bond donors (Lipinski definition) is 0. The number of carbonyl (C=O) groups is 1. The third-order valence-corrected chi connectivity index (χ3v) is 4.71. The quantitative estimate of drug-likeness (QED) is 0.459. The predicted molar refractivity (Wildman–Crippen MR) is 100 cm³/mol. The first-order chi connectivity index (χ1) is 11.3. The van der Waals surface area contributed by atoms with E-state index in [9.17, 15) is 4.79 Å². The molecule has 0 aliphatic rings. The fourth-order valence-corrected chi connectivity index (χ4v) is 2.86. The average Bonchev–Trinajstić information content (AvgIpc) is 2.49. The van der Waals surface area contributed by atoms with Crippen LogP contribution in [0.2, 0.25) is 5.02 Å². The van der Waals surface area contributed by atoms with Gasteiger partial charge in [-0.05, 0) is 66.8 Å². The van der Waals surface area contributed by atoms with Crippen molar-refractivity contribution in [3.63, 3.8) is 0 Å². The molecule has 0 spiro atoms. The van der Waals surface area contributed by atoms with Crippen molar-refractivity contribution >= 4 is 33.5 Å². The van der Waals surface area contributed by atoms with E-state index in [0.717, 1.165) is 21.2 Å². The van der Waals surface area contributed by atoms with Gasteiger partial charge in [0.15, 0.2) is 6.61 Å². The van der Waals surface area contributed by atoms with Gasteiger partial charge in [0.05, 0.1) is 0 Å². The Morgan fingerprint density at radius 1 is 1.12 bits per heavy atom. The highest BCUT2D eigenvalue weighted by Crippen LogP contribution is 2.32. The lowest BCUT2D eigenvalue weighted by molar-refractivity contribution is -0.136. The molecule has 0 aromatic heterocycles. The monoisotopic (exact) mass is 410 g/mol. The molecule has 0 amide bonds. The summed E-state index contributed by atoms with van der Waals surface area (Å²) in [5.41, 5.74) is 2.86. The molecular weight excluding hydrogens is 392 g/mol. The Morgan fingerprint density at radius 2 is 1.83 bits per heavy atom. The van der Waals surface area contributed by atoms with Crippen LogP contribution in [0.1, 0.15) is 36.5 Å². The maximum atomic E-state index is 12.2. The maximum Gasteiger partial charge on any atom is 0.349 e. The van der Waals surface area contributed by atoms with Gasteiger partial charge in [-0.2, -0.15) is 0 Å². The zero-order chi connectivity index (χ0) is 17.9. The minimum Gasteiger partial charge on any atom is -0.482 e. The Balaban J connectivity index is 2.08. The minimum atomic E-state index is -0.437. The number of carbonyl (C=O) groups excluding carboxylic acids is 1. The van der Waals surface area contributed by atoms with E-state index in [1.54, 1.807) is 18.2 Å². The van der Waals surface area contributed by atoms with Crippen LogP contribution < -0.4 is 9.47 Å². The number of ether oxygens (including phenoxy) is 2. The molecule has 0 heterocycles. The highest BCUT2D eigenvalue weighted by molar-refractivity contribution is 9.10. The van der Waals surface area contributed by atoms with Crippen LogP contribution in [0, 0.1) is 13.8 Å². The molecule has 0 atom stereocenters. The van der Waals surface area contributed by atoms with Crippen LogP contribution in [0.5, 0.6) is 11.5 Å². The van der Waals surface area contributed by atoms with E-state index < -0.39 is 5.97 Å². The molecule has 128 valence electrons. The highest BCUT2D eigenvalue weighted by Gasteiger charge is 2.15. The van der Waals surface area contributed by atoms with E-state index in [-0.39, 0.29) is 12.5 Å². The van der Waals surface area contributed by atoms with Crippen LogP contribution in [0.25, 0.3) is 0 Å². The molecule has 2 aromatic rings. The van der Waals surface area contributed by atoms with Gasteiger partial charge in [-0.15, -0.1) is 0 Å². The maximum absolute atomic E-state index is 12.2. The Bertz CT molecular complexity index is 757. The molecule has 0 fully saturated rings. The standard InChI is InChI=1S/C19H20BrClO3/c1-11(2)15-9-16(20)12(3)8-18(15)24-19(22)10-23-17-6-5-14(21)7-13(17)4/h5-9,11H,10H2,1-4H3. The van der Waals surface area contributed by atoms with Gasteiger partial charge in [-0.3, -0.25) is 0 Å². The summed E-state index contributed by atoms with van der Waals surface area (Å²) in [6, 6.07) is 9.12. The summed E-state index contributed by atoms with van der Waals surface area (Å²) in [6.45, 7) is 7.79. The Kier molecular flexibility index (Phi) is 6.30. The number of esters is 1. The fourth-order valence-electron chi connectivity index (χ4n) is 2.27. The molecule has 0 bridgehead atoms. The van der Waals surface area contributed by atoms with E-state index in [2.05, 4.69) is 29.8 Å². The molecule has 0 saturated heterocycles. The van der Waals surface area contributed by atoms with E-state index in [1.165, 1.54) is 0 Å². The fraction of sp³-hybridized carbons (Fsp3) is 0.316. The van der Waals surface area contributed by atoms with Gasteiger partial charge in [-0.1, -0.05) is 41.4 Å². The first-order valence-corrected chi connectivity index (χ1v) is 8.84. The summed E-state index contributed by atoms with van der Waals surface area (Å²) in [5, 5.41) is 0.634. The number of benzene rings is 2. The molecule has 5 heteroatoms. The number of rotatable bonds is 5. The highest BCUT2D eigenvalue weighted by atomic mass is 79.9. The van der Waals surface area contributed by atoms with Crippen LogP contribution in [0.3, 0.4) is 0 Å². The van der Waals surface area contributed by atoms with Crippen LogP contribution in [0.15, 0.2) is 34.8 Å². The van der Waals surface area contributed by atoms with E-state index >= 15 is 0 Å².